The molecule has 1 saturated carbocycles. The number of ketones is 1. The van der Waals surface area contributed by atoms with Crippen molar-refractivity contribution in [2.75, 3.05) is 5.32 Å². The highest BCUT2D eigenvalue weighted by Crippen LogP contribution is 2.61. The molecule has 0 aromatic heterocycles. The van der Waals surface area contributed by atoms with Gasteiger partial charge in [-0.15, -0.1) is 0 Å². The molecule has 2 aromatic rings. The molecule has 2 aromatic carbocycles. The van der Waals surface area contributed by atoms with Crippen molar-refractivity contribution < 1.29 is 14.0 Å². The van der Waals surface area contributed by atoms with E-state index < -0.39 is 28.7 Å². The maximum Gasteiger partial charge on any atom is 0.237 e. The van der Waals surface area contributed by atoms with Gasteiger partial charge in [-0.3, -0.25) is 14.9 Å². The monoisotopic (exact) mass is 544 g/mol. The molecule has 1 saturated heterocycles. The van der Waals surface area contributed by atoms with E-state index in [-0.39, 0.29) is 16.7 Å². The molecule has 1 spiro atoms. The minimum Gasteiger partial charge on any atom is -0.325 e. The number of hydrogen-bond donors (Lipinski definition) is 2. The molecule has 3 aliphatic rings. The normalized spacial score (nSPS) is 30.4. The van der Waals surface area contributed by atoms with Crippen LogP contribution in [0.5, 0.6) is 0 Å². The summed E-state index contributed by atoms with van der Waals surface area (Å²) in [6, 6.07) is 9.53. The highest BCUT2D eigenvalue weighted by Gasteiger charge is 2.71. The first-order valence-corrected chi connectivity index (χ1v) is 14.3. The summed E-state index contributed by atoms with van der Waals surface area (Å²) in [7, 11) is 0. The van der Waals surface area contributed by atoms with Gasteiger partial charge in [0.2, 0.25) is 5.91 Å². The van der Waals surface area contributed by atoms with Crippen LogP contribution in [0, 0.1) is 17.7 Å². The molecule has 3 atom stereocenters. The number of halogens is 3. The number of amides is 1. The van der Waals surface area contributed by atoms with Crippen molar-refractivity contribution in [2.45, 2.75) is 88.6 Å². The van der Waals surface area contributed by atoms with Crippen LogP contribution < -0.4 is 10.6 Å². The van der Waals surface area contributed by atoms with Crippen LogP contribution in [-0.2, 0) is 15.0 Å². The van der Waals surface area contributed by atoms with Crippen molar-refractivity contribution in [1.29, 1.82) is 0 Å². The van der Waals surface area contributed by atoms with Crippen molar-refractivity contribution in [1.82, 2.24) is 5.32 Å². The minimum absolute atomic E-state index is 0.0136. The topological polar surface area (TPSA) is 58.2 Å². The molecule has 5 rings (SSSR count). The van der Waals surface area contributed by atoms with Crippen molar-refractivity contribution >= 4 is 40.6 Å². The van der Waals surface area contributed by atoms with Crippen LogP contribution in [0.3, 0.4) is 0 Å². The number of carbonyl (C=O) groups is 2. The third-order valence-corrected chi connectivity index (χ3v) is 10.0. The van der Waals surface area contributed by atoms with E-state index in [2.05, 4.69) is 17.6 Å². The zero-order valence-corrected chi connectivity index (χ0v) is 23.2. The molecule has 198 valence electrons. The third kappa shape index (κ3) is 4.04. The average Bonchev–Trinajstić information content (AvgIpc) is 3.35. The van der Waals surface area contributed by atoms with Gasteiger partial charge < -0.3 is 5.32 Å². The number of anilines is 1. The summed E-state index contributed by atoms with van der Waals surface area (Å²) in [5.74, 6) is -0.519. The Morgan fingerprint density at radius 1 is 1.08 bits per heavy atom. The standard InChI is InChI=1S/C30H35Cl2FN2O2/c1-4-29(5-2)30(21-14-13-19(31)16-23(21)34-28(30)37)25(20-7-6-8-22(32)26(20)33)27(35-29)24(36)15-18-11-9-17(3)10-12-18/h6-8,13-14,16-18,25,27,35H,4-5,9-12,15H2,1-3H3,(H,34,37)/t17?,18?,25-,27-,30+/m0/s1. The van der Waals surface area contributed by atoms with E-state index in [1.54, 1.807) is 24.3 Å². The van der Waals surface area contributed by atoms with Gasteiger partial charge in [-0.05, 0) is 66.8 Å². The fourth-order valence-corrected chi connectivity index (χ4v) is 7.88. The van der Waals surface area contributed by atoms with Crippen molar-refractivity contribution in [3.05, 3.63) is 63.4 Å². The van der Waals surface area contributed by atoms with Gasteiger partial charge in [0.15, 0.2) is 5.78 Å². The van der Waals surface area contributed by atoms with Crippen LogP contribution in [0.4, 0.5) is 10.1 Å². The lowest BCUT2D eigenvalue weighted by Crippen LogP contribution is -2.58. The molecule has 37 heavy (non-hydrogen) atoms. The summed E-state index contributed by atoms with van der Waals surface area (Å²) in [5, 5.41) is 7.20. The van der Waals surface area contributed by atoms with Gasteiger partial charge in [-0.25, -0.2) is 4.39 Å². The van der Waals surface area contributed by atoms with E-state index in [0.717, 1.165) is 31.2 Å². The molecule has 2 aliphatic heterocycles. The lowest BCUT2D eigenvalue weighted by Gasteiger charge is -2.44. The molecule has 2 fully saturated rings. The van der Waals surface area contributed by atoms with Gasteiger partial charge in [0.05, 0.1) is 11.1 Å². The first kappa shape index (κ1) is 26.6. The van der Waals surface area contributed by atoms with Crippen molar-refractivity contribution in [3.63, 3.8) is 0 Å². The van der Waals surface area contributed by atoms with E-state index in [4.69, 9.17) is 23.2 Å². The zero-order valence-electron chi connectivity index (χ0n) is 21.7. The number of carbonyl (C=O) groups excluding carboxylic acids is 2. The molecule has 4 nitrogen and oxygen atoms in total. The largest absolute Gasteiger partial charge is 0.325 e. The summed E-state index contributed by atoms with van der Waals surface area (Å²) >= 11 is 12.6. The summed E-state index contributed by atoms with van der Waals surface area (Å²) in [4.78, 5) is 28.4. The van der Waals surface area contributed by atoms with Crippen LogP contribution >= 0.6 is 23.2 Å². The van der Waals surface area contributed by atoms with Crippen molar-refractivity contribution in [3.8, 4) is 0 Å². The molecule has 2 N–H and O–H groups in total. The number of Topliss-reactive ketones (excluding diaryl/α,β-unsaturated/α-hetero) is 1. The second kappa shape index (κ2) is 9.98. The molecule has 2 heterocycles. The van der Waals surface area contributed by atoms with Crippen molar-refractivity contribution in [2.24, 2.45) is 11.8 Å². The Bertz CT molecular complexity index is 1220. The Labute approximate surface area is 228 Å². The summed E-state index contributed by atoms with van der Waals surface area (Å²) < 4.78 is 15.8. The minimum atomic E-state index is -1.21. The second-order valence-electron chi connectivity index (χ2n) is 11.3. The van der Waals surface area contributed by atoms with Gasteiger partial charge in [-0.1, -0.05) is 75.0 Å². The quantitative estimate of drug-likeness (QED) is 0.397. The molecular weight excluding hydrogens is 510 g/mol. The summed E-state index contributed by atoms with van der Waals surface area (Å²) in [6.07, 6.45) is 5.89. The Morgan fingerprint density at radius 2 is 1.78 bits per heavy atom. The SMILES string of the molecule is CCC1(CC)N[C@@H](C(=O)CC2CCC(C)CC2)[C@H](c2cccc(Cl)c2F)[C@]12C(=O)Nc1cc(Cl)ccc12. The van der Waals surface area contributed by atoms with Crippen LogP contribution in [0.25, 0.3) is 0 Å². The number of fused-ring (bicyclic) bond motifs is 2. The van der Waals surface area contributed by atoms with Gasteiger partial charge in [0.25, 0.3) is 0 Å². The number of hydrogen-bond acceptors (Lipinski definition) is 3. The Hall–Kier alpha value is -1.95. The zero-order chi connectivity index (χ0) is 26.5. The fraction of sp³-hybridized carbons (Fsp3) is 0.533. The summed E-state index contributed by atoms with van der Waals surface area (Å²) in [5.41, 5.74) is -0.297. The van der Waals surface area contributed by atoms with Gasteiger partial charge in [0, 0.05) is 28.6 Å². The predicted molar refractivity (Wildman–Crippen MR) is 147 cm³/mol. The van der Waals surface area contributed by atoms with Gasteiger partial charge >= 0.3 is 0 Å². The van der Waals surface area contributed by atoms with Crippen LogP contribution in [0.1, 0.15) is 82.8 Å². The maximum atomic E-state index is 15.8. The van der Waals surface area contributed by atoms with Crippen LogP contribution in [0.2, 0.25) is 10.0 Å². The van der Waals surface area contributed by atoms with Crippen LogP contribution in [0.15, 0.2) is 36.4 Å². The maximum absolute atomic E-state index is 15.8. The molecule has 0 radical (unpaired) electrons. The van der Waals surface area contributed by atoms with E-state index in [1.165, 1.54) is 6.07 Å². The lowest BCUT2D eigenvalue weighted by molar-refractivity contribution is -0.124. The predicted octanol–water partition coefficient (Wildman–Crippen LogP) is 7.42. The second-order valence-corrected chi connectivity index (χ2v) is 12.1. The third-order valence-electron chi connectivity index (χ3n) is 9.50. The molecule has 0 bridgehead atoms. The van der Waals surface area contributed by atoms with Gasteiger partial charge in [0.1, 0.15) is 11.2 Å². The molecule has 0 unspecified atom stereocenters. The fourth-order valence-electron chi connectivity index (χ4n) is 7.53. The van der Waals surface area contributed by atoms with E-state index in [0.29, 0.717) is 47.4 Å². The molecule has 7 heteroatoms. The highest BCUT2D eigenvalue weighted by atomic mass is 35.5. The number of rotatable bonds is 6. The lowest BCUT2D eigenvalue weighted by atomic mass is 9.57. The van der Waals surface area contributed by atoms with E-state index in [1.807, 2.05) is 19.9 Å². The Balaban J connectivity index is 1.70. The number of benzene rings is 2. The summed E-state index contributed by atoms with van der Waals surface area (Å²) in [6.45, 7) is 6.32. The Morgan fingerprint density at radius 3 is 2.46 bits per heavy atom. The molecule has 1 aliphatic carbocycles. The first-order valence-electron chi connectivity index (χ1n) is 13.5. The smallest absolute Gasteiger partial charge is 0.237 e. The molecular formula is C30H35Cl2FN2O2. The van der Waals surface area contributed by atoms with E-state index in [9.17, 15) is 9.59 Å². The first-order chi connectivity index (χ1) is 17.7. The van der Waals surface area contributed by atoms with Gasteiger partial charge in [-0.2, -0.15) is 0 Å². The average molecular weight is 546 g/mol. The van der Waals surface area contributed by atoms with E-state index >= 15 is 4.39 Å². The highest BCUT2D eigenvalue weighted by molar-refractivity contribution is 6.31. The molecule has 1 amide bonds. The van der Waals surface area contributed by atoms with Crippen LogP contribution in [-0.4, -0.2) is 23.3 Å². The number of nitrogens with one attached hydrogen (secondary N) is 2. The Kier molecular flexibility index (Phi) is 7.19.